The van der Waals surface area contributed by atoms with Crippen LogP contribution in [0.3, 0.4) is 0 Å². The largest absolute Gasteiger partial charge is 0.375 e. The Kier molecular flexibility index (Phi) is 5.11. The van der Waals surface area contributed by atoms with Crippen molar-refractivity contribution >= 4 is 17.3 Å². The van der Waals surface area contributed by atoms with E-state index in [-0.39, 0.29) is 12.2 Å². The second-order valence-electron chi connectivity index (χ2n) is 5.44. The first-order valence-corrected chi connectivity index (χ1v) is 8.51. The summed E-state index contributed by atoms with van der Waals surface area (Å²) in [4.78, 5) is 6.69. The maximum atomic E-state index is 5.89. The van der Waals surface area contributed by atoms with E-state index in [2.05, 4.69) is 32.0 Å². The van der Waals surface area contributed by atoms with Crippen molar-refractivity contribution in [1.82, 2.24) is 10.2 Å². The van der Waals surface area contributed by atoms with E-state index in [1.165, 1.54) is 5.56 Å². The SMILES string of the molecule is CN=C(NCc1ccsc1)N1CCOC(C2CCCO2)C1. The van der Waals surface area contributed by atoms with Crippen molar-refractivity contribution in [3.63, 3.8) is 0 Å². The van der Waals surface area contributed by atoms with Crippen molar-refractivity contribution < 1.29 is 9.47 Å². The van der Waals surface area contributed by atoms with Gasteiger partial charge < -0.3 is 19.7 Å². The second kappa shape index (κ2) is 7.24. The molecule has 2 fully saturated rings. The Morgan fingerprint density at radius 3 is 3.05 bits per heavy atom. The number of hydrogen-bond donors (Lipinski definition) is 1. The van der Waals surface area contributed by atoms with Crippen LogP contribution in [-0.2, 0) is 16.0 Å². The van der Waals surface area contributed by atoms with Gasteiger partial charge in [-0.2, -0.15) is 11.3 Å². The van der Waals surface area contributed by atoms with Gasteiger partial charge in [0.2, 0.25) is 0 Å². The number of nitrogens with zero attached hydrogens (tertiary/aromatic N) is 2. The molecule has 3 rings (SSSR count). The zero-order valence-electron chi connectivity index (χ0n) is 12.5. The number of nitrogens with one attached hydrogen (secondary N) is 1. The third kappa shape index (κ3) is 3.75. The van der Waals surface area contributed by atoms with E-state index >= 15 is 0 Å². The highest BCUT2D eigenvalue weighted by molar-refractivity contribution is 7.07. The molecule has 0 amide bonds. The van der Waals surface area contributed by atoms with Crippen molar-refractivity contribution in [3.05, 3.63) is 22.4 Å². The van der Waals surface area contributed by atoms with Gasteiger partial charge in [0.1, 0.15) is 6.10 Å². The lowest BCUT2D eigenvalue weighted by Gasteiger charge is -2.37. The highest BCUT2D eigenvalue weighted by atomic mass is 32.1. The highest BCUT2D eigenvalue weighted by Gasteiger charge is 2.32. The number of ether oxygens (including phenoxy) is 2. The number of guanidine groups is 1. The molecule has 0 radical (unpaired) electrons. The monoisotopic (exact) mass is 309 g/mol. The minimum atomic E-state index is 0.168. The fourth-order valence-corrected chi connectivity index (χ4v) is 3.56. The van der Waals surface area contributed by atoms with Crippen LogP contribution < -0.4 is 5.32 Å². The first-order chi connectivity index (χ1) is 10.4. The molecule has 0 spiro atoms. The first-order valence-electron chi connectivity index (χ1n) is 7.56. The maximum absolute atomic E-state index is 5.89. The highest BCUT2D eigenvalue weighted by Crippen LogP contribution is 2.21. The Morgan fingerprint density at radius 1 is 1.43 bits per heavy atom. The van der Waals surface area contributed by atoms with E-state index in [1.54, 1.807) is 11.3 Å². The number of morpholine rings is 1. The van der Waals surface area contributed by atoms with Crippen LogP contribution in [0.25, 0.3) is 0 Å². The molecule has 2 aliphatic heterocycles. The predicted molar refractivity (Wildman–Crippen MR) is 84.8 cm³/mol. The molecule has 21 heavy (non-hydrogen) atoms. The number of aliphatic imine (C=N–C) groups is 1. The lowest BCUT2D eigenvalue weighted by atomic mass is 10.1. The summed E-state index contributed by atoms with van der Waals surface area (Å²) in [7, 11) is 1.84. The summed E-state index contributed by atoms with van der Waals surface area (Å²) < 4.78 is 11.7. The lowest BCUT2D eigenvalue weighted by Crippen LogP contribution is -2.53. The quantitative estimate of drug-likeness (QED) is 0.682. The Morgan fingerprint density at radius 2 is 2.33 bits per heavy atom. The van der Waals surface area contributed by atoms with Crippen LogP contribution in [0, 0.1) is 0 Å². The van der Waals surface area contributed by atoms with Crippen LogP contribution >= 0.6 is 11.3 Å². The zero-order chi connectivity index (χ0) is 14.5. The molecular formula is C15H23N3O2S. The molecule has 2 atom stereocenters. The number of hydrogen-bond acceptors (Lipinski definition) is 4. The summed E-state index contributed by atoms with van der Waals surface area (Å²) >= 11 is 1.72. The molecule has 2 aliphatic rings. The lowest BCUT2D eigenvalue weighted by molar-refractivity contribution is -0.0817. The molecule has 0 aromatic carbocycles. The van der Waals surface area contributed by atoms with Crippen molar-refractivity contribution in [3.8, 4) is 0 Å². The smallest absolute Gasteiger partial charge is 0.194 e. The summed E-state index contributed by atoms with van der Waals surface area (Å²) in [5.41, 5.74) is 1.30. The summed E-state index contributed by atoms with van der Waals surface area (Å²) in [5, 5.41) is 7.70. The standard InChI is InChI=1S/C15H23N3O2S/c1-16-15(17-9-12-4-8-21-11-12)18-5-7-20-14(10-18)13-3-2-6-19-13/h4,8,11,13-14H,2-3,5-7,9-10H2,1H3,(H,16,17). The van der Waals surface area contributed by atoms with Crippen LogP contribution in [0.4, 0.5) is 0 Å². The predicted octanol–water partition coefficient (Wildman–Crippen LogP) is 1.70. The van der Waals surface area contributed by atoms with Crippen molar-refractivity contribution in [2.75, 3.05) is 33.4 Å². The van der Waals surface area contributed by atoms with E-state index in [4.69, 9.17) is 9.47 Å². The van der Waals surface area contributed by atoms with Crippen LogP contribution in [-0.4, -0.2) is 56.4 Å². The molecule has 3 heterocycles. The average Bonchev–Trinajstić information content (AvgIpc) is 3.22. The van der Waals surface area contributed by atoms with E-state index in [9.17, 15) is 0 Å². The number of thiophene rings is 1. The van der Waals surface area contributed by atoms with Crippen LogP contribution in [0.5, 0.6) is 0 Å². The Bertz CT molecular complexity index is 457. The molecule has 1 aromatic rings. The van der Waals surface area contributed by atoms with Gasteiger partial charge in [0, 0.05) is 33.3 Å². The summed E-state index contributed by atoms with van der Waals surface area (Å²) in [6.45, 7) is 4.16. The first kappa shape index (κ1) is 14.8. The van der Waals surface area contributed by atoms with Gasteiger partial charge in [-0.1, -0.05) is 0 Å². The van der Waals surface area contributed by atoms with Crippen molar-refractivity contribution in [2.24, 2.45) is 4.99 Å². The molecule has 0 bridgehead atoms. The van der Waals surface area contributed by atoms with Crippen molar-refractivity contribution in [2.45, 2.75) is 31.6 Å². The molecule has 1 N–H and O–H groups in total. The molecular weight excluding hydrogens is 286 g/mol. The van der Waals surface area contributed by atoms with Crippen molar-refractivity contribution in [1.29, 1.82) is 0 Å². The van der Waals surface area contributed by atoms with Crippen LogP contribution in [0.15, 0.2) is 21.8 Å². The maximum Gasteiger partial charge on any atom is 0.194 e. The fraction of sp³-hybridized carbons (Fsp3) is 0.667. The van der Waals surface area contributed by atoms with E-state index < -0.39 is 0 Å². The van der Waals surface area contributed by atoms with E-state index in [0.29, 0.717) is 0 Å². The Balaban J connectivity index is 1.55. The van der Waals surface area contributed by atoms with Gasteiger partial charge in [-0.3, -0.25) is 4.99 Å². The summed E-state index contributed by atoms with van der Waals surface area (Å²) in [6, 6.07) is 2.14. The minimum Gasteiger partial charge on any atom is -0.375 e. The molecule has 0 saturated carbocycles. The molecule has 6 heteroatoms. The average molecular weight is 309 g/mol. The van der Waals surface area contributed by atoms with E-state index in [1.807, 2.05) is 7.05 Å². The summed E-state index contributed by atoms with van der Waals surface area (Å²) in [6.07, 6.45) is 2.68. The van der Waals surface area contributed by atoms with Crippen LogP contribution in [0.1, 0.15) is 18.4 Å². The van der Waals surface area contributed by atoms with Gasteiger partial charge in [-0.05, 0) is 35.2 Å². The third-order valence-corrected chi connectivity index (χ3v) is 4.75. The molecule has 0 aliphatic carbocycles. The van der Waals surface area contributed by atoms with Crippen LogP contribution in [0.2, 0.25) is 0 Å². The Labute approximate surface area is 130 Å². The van der Waals surface area contributed by atoms with Gasteiger partial charge in [0.25, 0.3) is 0 Å². The molecule has 5 nitrogen and oxygen atoms in total. The van der Waals surface area contributed by atoms with Gasteiger partial charge in [0.15, 0.2) is 5.96 Å². The minimum absolute atomic E-state index is 0.168. The third-order valence-electron chi connectivity index (χ3n) is 4.02. The zero-order valence-corrected chi connectivity index (χ0v) is 13.3. The second-order valence-corrected chi connectivity index (χ2v) is 6.22. The van der Waals surface area contributed by atoms with Gasteiger partial charge in [0.05, 0.1) is 12.7 Å². The topological polar surface area (TPSA) is 46.1 Å². The normalized spacial score (nSPS) is 27.1. The molecule has 2 unspecified atom stereocenters. The Hall–Kier alpha value is -1.11. The summed E-state index contributed by atoms with van der Waals surface area (Å²) in [5.74, 6) is 0.951. The van der Waals surface area contributed by atoms with Gasteiger partial charge in [-0.15, -0.1) is 0 Å². The van der Waals surface area contributed by atoms with Gasteiger partial charge >= 0.3 is 0 Å². The van der Waals surface area contributed by atoms with Gasteiger partial charge in [-0.25, -0.2) is 0 Å². The van der Waals surface area contributed by atoms with E-state index in [0.717, 1.165) is 51.6 Å². The number of rotatable bonds is 3. The molecule has 116 valence electrons. The fourth-order valence-electron chi connectivity index (χ4n) is 2.90. The molecule has 1 aromatic heterocycles. The molecule has 2 saturated heterocycles.